The van der Waals surface area contributed by atoms with Crippen LogP contribution >= 0.6 is 0 Å². The van der Waals surface area contributed by atoms with Gasteiger partial charge in [0.2, 0.25) is 0 Å². The summed E-state index contributed by atoms with van der Waals surface area (Å²) >= 11 is 0. The Balaban J connectivity index is 2.10. The fourth-order valence-electron chi connectivity index (χ4n) is 2.25. The summed E-state index contributed by atoms with van der Waals surface area (Å²) in [5, 5.41) is 13.4. The van der Waals surface area contributed by atoms with Gasteiger partial charge in [-0.1, -0.05) is 0 Å². The molecule has 0 aromatic carbocycles. The maximum absolute atomic E-state index is 9.07. The number of hydrogen-bond donors (Lipinski definition) is 1. The fourth-order valence-corrected chi connectivity index (χ4v) is 2.25. The van der Waals surface area contributed by atoms with Crippen molar-refractivity contribution in [3.05, 3.63) is 17.5 Å². The van der Waals surface area contributed by atoms with Crippen molar-refractivity contribution in [2.24, 2.45) is 11.1 Å². The van der Waals surface area contributed by atoms with Crippen LogP contribution in [0, 0.1) is 16.7 Å². The van der Waals surface area contributed by atoms with Gasteiger partial charge in [-0.3, -0.25) is 9.58 Å². The lowest BCUT2D eigenvalue weighted by Gasteiger charge is -2.32. The van der Waals surface area contributed by atoms with Gasteiger partial charge in [-0.05, 0) is 13.8 Å². The second kappa shape index (κ2) is 4.47. The molecule has 1 aromatic heterocycles. The number of fused-ring (bicyclic) bond motifs is 1. The van der Waals surface area contributed by atoms with Gasteiger partial charge in [0.15, 0.2) is 0 Å². The van der Waals surface area contributed by atoms with Crippen LogP contribution in [0.25, 0.3) is 0 Å². The summed E-state index contributed by atoms with van der Waals surface area (Å²) in [6, 6.07) is 2.35. The van der Waals surface area contributed by atoms with Gasteiger partial charge in [-0.2, -0.15) is 10.4 Å². The largest absolute Gasteiger partial charge is 0.326 e. The van der Waals surface area contributed by atoms with Crippen LogP contribution in [0.4, 0.5) is 0 Å². The highest BCUT2D eigenvalue weighted by molar-refractivity contribution is 5.18. The van der Waals surface area contributed by atoms with Crippen molar-refractivity contribution < 1.29 is 0 Å². The van der Waals surface area contributed by atoms with Crippen molar-refractivity contribution in [2.75, 3.05) is 13.1 Å². The van der Waals surface area contributed by atoms with Gasteiger partial charge in [-0.25, -0.2) is 0 Å². The number of hydrogen-bond acceptors (Lipinski definition) is 4. The van der Waals surface area contributed by atoms with E-state index in [-0.39, 0.29) is 5.41 Å². The Morgan fingerprint density at radius 1 is 1.53 bits per heavy atom. The van der Waals surface area contributed by atoms with Gasteiger partial charge in [0.05, 0.1) is 29.9 Å². The zero-order valence-electron chi connectivity index (χ0n) is 10.5. The summed E-state index contributed by atoms with van der Waals surface area (Å²) in [5.41, 5.74) is 7.71. The number of nitrogens with two attached hydrogens (primary N) is 1. The third-order valence-corrected chi connectivity index (χ3v) is 3.18. The minimum absolute atomic E-state index is 0.301. The Kier molecular flexibility index (Phi) is 3.18. The van der Waals surface area contributed by atoms with Crippen molar-refractivity contribution in [3.8, 4) is 6.07 Å². The molecule has 1 aliphatic rings. The Hall–Kier alpha value is -1.38. The summed E-state index contributed by atoms with van der Waals surface area (Å²) in [7, 11) is 0. The smallest absolute Gasteiger partial charge is 0.0697 e. The molecule has 0 aliphatic carbocycles. The van der Waals surface area contributed by atoms with E-state index >= 15 is 0 Å². The first-order valence-corrected chi connectivity index (χ1v) is 5.93. The molecule has 17 heavy (non-hydrogen) atoms. The molecule has 0 radical (unpaired) electrons. The average Bonchev–Trinajstić information content (AvgIpc) is 2.71. The van der Waals surface area contributed by atoms with Crippen LogP contribution in [-0.2, 0) is 19.6 Å². The minimum atomic E-state index is -0.301. The number of aromatic nitrogens is 2. The van der Waals surface area contributed by atoms with Gasteiger partial charge in [0.1, 0.15) is 0 Å². The van der Waals surface area contributed by atoms with E-state index in [9.17, 15) is 0 Å². The maximum atomic E-state index is 9.07. The molecule has 0 unspecified atom stereocenters. The van der Waals surface area contributed by atoms with Crippen LogP contribution in [-0.4, -0.2) is 27.8 Å². The summed E-state index contributed by atoms with van der Waals surface area (Å²) in [6.45, 7) is 7.95. The van der Waals surface area contributed by atoms with E-state index in [0.29, 0.717) is 6.54 Å². The first-order valence-electron chi connectivity index (χ1n) is 5.93. The second-order valence-corrected chi connectivity index (χ2v) is 5.25. The van der Waals surface area contributed by atoms with Crippen LogP contribution < -0.4 is 5.73 Å². The van der Waals surface area contributed by atoms with Gasteiger partial charge in [0, 0.05) is 31.7 Å². The van der Waals surface area contributed by atoms with Crippen LogP contribution in [0.5, 0.6) is 0 Å². The molecule has 92 valence electrons. The lowest BCUT2D eigenvalue weighted by molar-refractivity contribution is 0.168. The zero-order valence-corrected chi connectivity index (χ0v) is 10.5. The Bertz CT molecular complexity index is 427. The highest BCUT2D eigenvalue weighted by Gasteiger charge is 2.25. The quantitative estimate of drug-likeness (QED) is 0.834. The molecule has 0 fully saturated rings. The first-order chi connectivity index (χ1) is 8.05. The van der Waals surface area contributed by atoms with Crippen molar-refractivity contribution >= 4 is 0 Å². The molecule has 0 bridgehead atoms. The van der Waals surface area contributed by atoms with E-state index in [4.69, 9.17) is 11.0 Å². The third-order valence-electron chi connectivity index (χ3n) is 3.18. The molecule has 5 nitrogen and oxygen atoms in total. The van der Waals surface area contributed by atoms with E-state index in [1.165, 1.54) is 5.69 Å². The molecule has 0 spiro atoms. The molecule has 0 saturated heterocycles. The van der Waals surface area contributed by atoms with E-state index in [0.717, 1.165) is 31.7 Å². The molecule has 1 aliphatic heterocycles. The third kappa shape index (κ3) is 2.48. The molecule has 1 aromatic rings. The van der Waals surface area contributed by atoms with Crippen LogP contribution in [0.15, 0.2) is 6.20 Å². The second-order valence-electron chi connectivity index (χ2n) is 5.25. The Morgan fingerprint density at radius 3 is 2.94 bits per heavy atom. The Labute approximate surface area is 102 Å². The van der Waals surface area contributed by atoms with Gasteiger partial charge in [-0.15, -0.1) is 0 Å². The molecular formula is C12H19N5. The summed E-state index contributed by atoms with van der Waals surface area (Å²) in [6.07, 6.45) is 1.86. The van der Waals surface area contributed by atoms with Gasteiger partial charge < -0.3 is 5.73 Å². The summed E-state index contributed by atoms with van der Waals surface area (Å²) in [4.78, 5) is 2.30. The normalized spacial score (nSPS) is 16.6. The maximum Gasteiger partial charge on any atom is 0.0697 e. The van der Waals surface area contributed by atoms with Gasteiger partial charge in [0.25, 0.3) is 0 Å². The predicted molar refractivity (Wildman–Crippen MR) is 64.8 cm³/mol. The van der Waals surface area contributed by atoms with Crippen molar-refractivity contribution in [3.63, 3.8) is 0 Å². The minimum Gasteiger partial charge on any atom is -0.326 e. The molecule has 2 N–H and O–H groups in total. The standard InChI is InChI=1S/C12H19N5/c1-12(2,8-14)9-16-3-4-17-11(7-16)10(5-13)6-15-17/h6H,3-5,7,9,13H2,1-2H3. The molecule has 0 atom stereocenters. The van der Waals surface area contributed by atoms with E-state index in [1.807, 2.05) is 24.7 Å². The van der Waals surface area contributed by atoms with Gasteiger partial charge >= 0.3 is 0 Å². The number of rotatable bonds is 3. The number of nitriles is 1. The van der Waals surface area contributed by atoms with E-state index < -0.39 is 0 Å². The van der Waals surface area contributed by atoms with Crippen LogP contribution in [0.2, 0.25) is 0 Å². The summed E-state index contributed by atoms with van der Waals surface area (Å²) < 4.78 is 2.03. The molecule has 2 rings (SSSR count). The molecule has 5 heteroatoms. The first kappa shape index (κ1) is 12.1. The Morgan fingerprint density at radius 2 is 2.29 bits per heavy atom. The highest BCUT2D eigenvalue weighted by Crippen LogP contribution is 2.21. The molecule has 0 saturated carbocycles. The topological polar surface area (TPSA) is 70.9 Å². The average molecular weight is 233 g/mol. The molecule has 2 heterocycles. The monoisotopic (exact) mass is 233 g/mol. The van der Waals surface area contributed by atoms with E-state index in [1.54, 1.807) is 0 Å². The summed E-state index contributed by atoms with van der Waals surface area (Å²) in [5.74, 6) is 0. The lowest BCUT2D eigenvalue weighted by Crippen LogP contribution is -2.39. The van der Waals surface area contributed by atoms with Crippen molar-refractivity contribution in [2.45, 2.75) is 33.5 Å². The SMILES string of the molecule is CC(C)(C#N)CN1CCn2ncc(CN)c2C1. The zero-order chi connectivity index (χ0) is 12.5. The highest BCUT2D eigenvalue weighted by atomic mass is 15.3. The molecular weight excluding hydrogens is 214 g/mol. The fraction of sp³-hybridized carbons (Fsp3) is 0.667. The number of nitrogens with zero attached hydrogens (tertiary/aromatic N) is 4. The van der Waals surface area contributed by atoms with Crippen LogP contribution in [0.1, 0.15) is 25.1 Å². The van der Waals surface area contributed by atoms with E-state index in [2.05, 4.69) is 16.1 Å². The van der Waals surface area contributed by atoms with Crippen molar-refractivity contribution in [1.29, 1.82) is 5.26 Å². The van der Waals surface area contributed by atoms with Crippen LogP contribution in [0.3, 0.4) is 0 Å². The lowest BCUT2D eigenvalue weighted by atomic mass is 9.94. The predicted octanol–water partition coefficient (Wildman–Crippen LogP) is 0.707. The van der Waals surface area contributed by atoms with Crippen molar-refractivity contribution in [1.82, 2.24) is 14.7 Å². The molecule has 0 amide bonds.